The van der Waals surface area contributed by atoms with E-state index >= 15 is 0 Å². The second kappa shape index (κ2) is 11.1. The molecule has 0 amide bonds. The summed E-state index contributed by atoms with van der Waals surface area (Å²) in [6, 6.07) is 61.0. The monoisotopic (exact) mass is 664 g/mol. The van der Waals surface area contributed by atoms with Gasteiger partial charge in [-0.15, -0.1) is 0 Å². The summed E-state index contributed by atoms with van der Waals surface area (Å²) in [7, 11) is 0. The van der Waals surface area contributed by atoms with E-state index in [-0.39, 0.29) is 6.04 Å². The van der Waals surface area contributed by atoms with Crippen molar-refractivity contribution in [1.82, 2.24) is 4.98 Å². The lowest BCUT2D eigenvalue weighted by Gasteiger charge is -2.39. The van der Waals surface area contributed by atoms with Crippen LogP contribution in [0.1, 0.15) is 39.4 Å². The Balaban J connectivity index is 1.01. The van der Waals surface area contributed by atoms with Crippen molar-refractivity contribution in [3.63, 3.8) is 0 Å². The zero-order valence-corrected chi connectivity index (χ0v) is 28.3. The highest BCUT2D eigenvalue weighted by Crippen LogP contribution is 2.62. The fourth-order valence-electron chi connectivity index (χ4n) is 8.81. The van der Waals surface area contributed by atoms with Gasteiger partial charge in [-0.3, -0.25) is 0 Å². The van der Waals surface area contributed by atoms with Crippen molar-refractivity contribution in [2.24, 2.45) is 0 Å². The van der Waals surface area contributed by atoms with Gasteiger partial charge in [0.2, 0.25) is 0 Å². The fraction of sp³-hybridized carbons (Fsp3) is 0.0408. The van der Waals surface area contributed by atoms with Gasteiger partial charge in [0.1, 0.15) is 11.5 Å². The lowest BCUT2D eigenvalue weighted by Crippen LogP contribution is -2.32. The minimum absolute atomic E-state index is 0.0941. The van der Waals surface area contributed by atoms with E-state index in [9.17, 15) is 0 Å². The van der Waals surface area contributed by atoms with E-state index in [0.29, 0.717) is 0 Å². The highest BCUT2D eigenvalue weighted by molar-refractivity contribution is 5.98. The Morgan fingerprint density at radius 1 is 0.519 bits per heavy atom. The van der Waals surface area contributed by atoms with Gasteiger partial charge in [-0.1, -0.05) is 158 Å². The third kappa shape index (κ3) is 4.17. The zero-order valence-electron chi connectivity index (χ0n) is 28.3. The van der Waals surface area contributed by atoms with Crippen LogP contribution in [0.3, 0.4) is 0 Å². The van der Waals surface area contributed by atoms with Crippen LogP contribution in [0.5, 0.6) is 11.5 Å². The molecule has 0 saturated heterocycles. The third-order valence-corrected chi connectivity index (χ3v) is 11.2. The van der Waals surface area contributed by atoms with E-state index in [1.54, 1.807) is 0 Å². The highest BCUT2D eigenvalue weighted by atomic mass is 16.5. The first-order valence-electron chi connectivity index (χ1n) is 17.9. The number of fused-ring (bicyclic) bond motifs is 12. The Labute approximate surface area is 302 Å². The molecule has 1 atom stereocenters. The number of anilines is 1. The molecule has 0 saturated carbocycles. The summed E-state index contributed by atoms with van der Waals surface area (Å²) < 4.78 is 6.79. The minimum atomic E-state index is -0.464. The van der Waals surface area contributed by atoms with Gasteiger partial charge < -0.3 is 10.1 Å². The Bertz CT molecular complexity index is 2720. The maximum atomic E-state index is 6.79. The number of rotatable bonds is 3. The predicted octanol–water partition coefficient (Wildman–Crippen LogP) is 12.2. The van der Waals surface area contributed by atoms with E-state index in [1.807, 2.05) is 0 Å². The lowest BCUT2D eigenvalue weighted by atomic mass is 9.66. The molecule has 0 fully saturated rings. The number of nitrogens with zero attached hydrogens (tertiary/aromatic N) is 1. The van der Waals surface area contributed by atoms with Gasteiger partial charge in [0.15, 0.2) is 0 Å². The van der Waals surface area contributed by atoms with Crippen LogP contribution in [-0.4, -0.2) is 4.98 Å². The van der Waals surface area contributed by atoms with Crippen molar-refractivity contribution in [1.29, 1.82) is 0 Å². The molecule has 1 N–H and O–H groups in total. The van der Waals surface area contributed by atoms with Gasteiger partial charge in [-0.2, -0.15) is 0 Å². The van der Waals surface area contributed by atoms with Crippen LogP contribution in [0.15, 0.2) is 176 Å². The standard InChI is InChI=1S/C49H32N2O/c1-2-11-31(12-3-1)43-27-24-32-21-22-33-25-28-44(51-48(33)47(32)50-43)36-14-10-13-34(29-36)35-23-26-42-46(30-35)52-45-20-9-8-19-41(45)49(42)39-17-6-4-15-37(39)38-16-5-7-18-40(38)49/h1-30,43,50H. The molecule has 1 aliphatic carbocycles. The quantitative estimate of drug-likeness (QED) is 0.204. The molecule has 0 radical (unpaired) electrons. The number of aromatic nitrogens is 1. The minimum Gasteiger partial charge on any atom is -0.457 e. The van der Waals surface area contributed by atoms with Crippen LogP contribution in [0, 0.1) is 0 Å². The molecule has 2 aliphatic heterocycles. The normalized spacial score (nSPS) is 15.5. The average Bonchev–Trinajstić information content (AvgIpc) is 3.51. The first-order chi connectivity index (χ1) is 25.8. The van der Waals surface area contributed by atoms with Gasteiger partial charge in [0.25, 0.3) is 0 Å². The zero-order chi connectivity index (χ0) is 34.2. The third-order valence-electron chi connectivity index (χ3n) is 11.2. The fourth-order valence-corrected chi connectivity index (χ4v) is 8.81. The molecule has 3 aliphatic rings. The molecule has 8 aromatic rings. The molecule has 1 unspecified atom stereocenters. The number of benzene rings is 7. The Hall–Kier alpha value is -6.71. The second-order valence-electron chi connectivity index (χ2n) is 13.9. The lowest BCUT2D eigenvalue weighted by molar-refractivity contribution is 0.436. The van der Waals surface area contributed by atoms with Crippen LogP contribution in [0.2, 0.25) is 0 Å². The maximum Gasteiger partial charge on any atom is 0.132 e. The van der Waals surface area contributed by atoms with Gasteiger partial charge in [-0.05, 0) is 68.8 Å². The number of pyridine rings is 1. The van der Waals surface area contributed by atoms with Crippen molar-refractivity contribution in [3.8, 4) is 45.0 Å². The summed E-state index contributed by atoms with van der Waals surface area (Å²) in [6.07, 6.45) is 4.44. The molecular formula is C49H32N2O. The number of para-hydroxylation sites is 1. The van der Waals surface area contributed by atoms with Crippen LogP contribution >= 0.6 is 0 Å². The predicted molar refractivity (Wildman–Crippen MR) is 212 cm³/mol. The number of nitrogens with one attached hydrogen (secondary N) is 1. The van der Waals surface area contributed by atoms with E-state index in [4.69, 9.17) is 9.72 Å². The summed E-state index contributed by atoms with van der Waals surface area (Å²) in [4.78, 5) is 5.29. The molecule has 1 spiro atoms. The summed E-state index contributed by atoms with van der Waals surface area (Å²) in [5.41, 5.74) is 15.7. The smallest absolute Gasteiger partial charge is 0.132 e. The molecule has 0 bridgehead atoms. The summed E-state index contributed by atoms with van der Waals surface area (Å²) in [5, 5.41) is 4.89. The molecule has 3 heteroatoms. The second-order valence-corrected chi connectivity index (χ2v) is 13.9. The SMILES string of the molecule is C1=CC(c2ccccc2)Nc2c1ccc1ccc(-c3cccc(-c4ccc5c(c4)Oc4ccccc4C54c5ccccc5-c5ccccc54)c3)nc21. The average molecular weight is 665 g/mol. The Morgan fingerprint density at radius 3 is 2.02 bits per heavy atom. The van der Waals surface area contributed by atoms with Crippen molar-refractivity contribution in [2.75, 3.05) is 5.32 Å². The van der Waals surface area contributed by atoms with Crippen LogP contribution in [0.25, 0.3) is 50.5 Å². The summed E-state index contributed by atoms with van der Waals surface area (Å²) >= 11 is 0. The van der Waals surface area contributed by atoms with E-state index in [1.165, 1.54) is 38.9 Å². The molecule has 3 heterocycles. The highest BCUT2D eigenvalue weighted by Gasteiger charge is 2.50. The van der Waals surface area contributed by atoms with Crippen LogP contribution < -0.4 is 10.1 Å². The molecule has 11 rings (SSSR count). The largest absolute Gasteiger partial charge is 0.457 e. The molecule has 7 aromatic carbocycles. The maximum absolute atomic E-state index is 6.79. The molecule has 52 heavy (non-hydrogen) atoms. The van der Waals surface area contributed by atoms with Gasteiger partial charge in [0.05, 0.1) is 28.4 Å². The van der Waals surface area contributed by atoms with Crippen molar-refractivity contribution in [2.45, 2.75) is 11.5 Å². The number of ether oxygens (including phenoxy) is 1. The Kier molecular flexibility index (Phi) is 6.23. The van der Waals surface area contributed by atoms with Crippen molar-refractivity contribution < 1.29 is 4.74 Å². The van der Waals surface area contributed by atoms with Crippen LogP contribution in [0.4, 0.5) is 5.69 Å². The van der Waals surface area contributed by atoms with E-state index in [2.05, 4.69) is 187 Å². The van der Waals surface area contributed by atoms with Crippen LogP contribution in [-0.2, 0) is 5.41 Å². The number of hydrogen-bond acceptors (Lipinski definition) is 3. The van der Waals surface area contributed by atoms with Gasteiger partial charge in [-0.25, -0.2) is 4.98 Å². The molecule has 244 valence electrons. The van der Waals surface area contributed by atoms with Crippen molar-refractivity contribution >= 4 is 22.7 Å². The summed E-state index contributed by atoms with van der Waals surface area (Å²) in [5.74, 6) is 1.78. The van der Waals surface area contributed by atoms with E-state index < -0.39 is 5.41 Å². The van der Waals surface area contributed by atoms with Gasteiger partial charge in [0, 0.05) is 22.1 Å². The van der Waals surface area contributed by atoms with Gasteiger partial charge >= 0.3 is 0 Å². The molecule has 3 nitrogen and oxygen atoms in total. The Morgan fingerprint density at radius 2 is 1.19 bits per heavy atom. The topological polar surface area (TPSA) is 34.1 Å². The van der Waals surface area contributed by atoms with E-state index in [0.717, 1.165) is 56.0 Å². The van der Waals surface area contributed by atoms with Crippen molar-refractivity contribution in [3.05, 3.63) is 209 Å². The first kappa shape index (κ1) is 29.1. The first-order valence-corrected chi connectivity index (χ1v) is 17.9. The molecule has 1 aromatic heterocycles. The summed E-state index contributed by atoms with van der Waals surface area (Å²) in [6.45, 7) is 0. The number of hydrogen-bond donors (Lipinski definition) is 1. The molecular weight excluding hydrogens is 633 g/mol.